The molecule has 1 aliphatic rings. The number of aliphatic hydroxyl groups is 2. The van der Waals surface area contributed by atoms with Gasteiger partial charge >= 0.3 is 0 Å². The van der Waals surface area contributed by atoms with Crippen LogP contribution in [0, 0.1) is 10.7 Å². The monoisotopic (exact) mass is 729 g/mol. The van der Waals surface area contributed by atoms with Crippen LogP contribution < -0.4 is 16.0 Å². The number of anilines is 1. The Balaban J connectivity index is 2.46. The van der Waals surface area contributed by atoms with E-state index in [2.05, 4.69) is 16.0 Å². The molecule has 2 unspecified atom stereocenters. The van der Waals surface area contributed by atoms with E-state index in [0.29, 0.717) is 29.5 Å². The van der Waals surface area contributed by atoms with Crippen LogP contribution in [0.2, 0.25) is 0 Å². The fourth-order valence-electron chi connectivity index (χ4n) is 2.19. The number of carbonyl (C=O) groups is 3. The SMILES string of the molecule is CC(=O)Nc1c(I)c(C(=O)NCC(O)CO)c(I)c(C(=O)NCC2CO2)c1I. The molecule has 9 nitrogen and oxygen atoms in total. The second kappa shape index (κ2) is 10.6. The van der Waals surface area contributed by atoms with Gasteiger partial charge in [-0.25, -0.2) is 0 Å². The highest BCUT2D eigenvalue weighted by Crippen LogP contribution is 2.35. The van der Waals surface area contributed by atoms with Crippen molar-refractivity contribution in [1.29, 1.82) is 0 Å². The molecule has 0 aliphatic carbocycles. The van der Waals surface area contributed by atoms with Gasteiger partial charge in [-0.2, -0.15) is 0 Å². The molecule has 5 N–H and O–H groups in total. The Kier molecular flexibility index (Phi) is 9.12. The first-order valence-electron chi connectivity index (χ1n) is 8.12. The summed E-state index contributed by atoms with van der Waals surface area (Å²) in [5.41, 5.74) is 0.858. The summed E-state index contributed by atoms with van der Waals surface area (Å²) < 4.78 is 6.50. The first-order chi connectivity index (χ1) is 13.2. The topological polar surface area (TPSA) is 140 Å². The summed E-state index contributed by atoms with van der Waals surface area (Å²) in [5.74, 6) is -1.24. The van der Waals surface area contributed by atoms with Gasteiger partial charge in [0.05, 0.1) is 49.4 Å². The third kappa shape index (κ3) is 6.10. The molecule has 0 bridgehead atoms. The minimum absolute atomic E-state index is 0.000624. The van der Waals surface area contributed by atoms with Crippen molar-refractivity contribution < 1.29 is 29.3 Å². The van der Waals surface area contributed by atoms with Gasteiger partial charge in [0.25, 0.3) is 11.8 Å². The van der Waals surface area contributed by atoms with Gasteiger partial charge in [-0.05, 0) is 67.8 Å². The standard InChI is InChI=1S/C16H18I3N3O6/c1-6(24)22-14-12(18)9(15(26)20-2-7(25)4-23)11(17)10(13(14)19)16(27)21-3-8-5-28-8/h7-8,23,25H,2-5H2,1H3,(H,20,26)(H,21,27)(H,22,24). The van der Waals surface area contributed by atoms with Crippen molar-refractivity contribution in [3.05, 3.63) is 21.8 Å². The Bertz CT molecular complexity index is 801. The van der Waals surface area contributed by atoms with Crippen LogP contribution in [-0.2, 0) is 9.53 Å². The molecule has 2 rings (SSSR count). The maximum Gasteiger partial charge on any atom is 0.253 e. The van der Waals surface area contributed by atoms with E-state index in [-0.39, 0.29) is 35.6 Å². The van der Waals surface area contributed by atoms with Crippen molar-refractivity contribution >= 4 is 91.2 Å². The van der Waals surface area contributed by atoms with Crippen LogP contribution >= 0.6 is 67.8 Å². The van der Waals surface area contributed by atoms with E-state index in [0.717, 1.165) is 0 Å². The van der Waals surface area contributed by atoms with Crippen molar-refractivity contribution in [2.75, 3.05) is 31.6 Å². The van der Waals surface area contributed by atoms with Crippen LogP contribution in [0.25, 0.3) is 0 Å². The molecule has 2 atom stereocenters. The second-order valence-corrected chi connectivity index (χ2v) is 9.20. The maximum absolute atomic E-state index is 12.8. The van der Waals surface area contributed by atoms with Gasteiger partial charge in [-0.1, -0.05) is 0 Å². The number of epoxide rings is 1. The van der Waals surface area contributed by atoms with E-state index in [1.54, 1.807) is 0 Å². The lowest BCUT2D eigenvalue weighted by atomic mass is 10.1. The van der Waals surface area contributed by atoms with E-state index < -0.39 is 18.6 Å². The third-order valence-electron chi connectivity index (χ3n) is 3.67. The lowest BCUT2D eigenvalue weighted by Crippen LogP contribution is -2.36. The van der Waals surface area contributed by atoms with Gasteiger partial charge < -0.3 is 30.9 Å². The smallest absolute Gasteiger partial charge is 0.253 e. The molecule has 1 fully saturated rings. The van der Waals surface area contributed by atoms with Crippen LogP contribution in [0.15, 0.2) is 0 Å². The van der Waals surface area contributed by atoms with Crippen molar-refractivity contribution in [3.8, 4) is 0 Å². The predicted molar refractivity (Wildman–Crippen MR) is 126 cm³/mol. The Morgan fingerprint density at radius 3 is 2.11 bits per heavy atom. The Hall–Kier alpha value is -0.300. The Morgan fingerprint density at radius 2 is 1.64 bits per heavy atom. The Morgan fingerprint density at radius 1 is 1.11 bits per heavy atom. The molecule has 0 aromatic heterocycles. The molecular weight excluding hydrogens is 711 g/mol. The molecule has 1 aromatic carbocycles. The van der Waals surface area contributed by atoms with E-state index in [4.69, 9.17) is 9.84 Å². The fraction of sp³-hybridized carbons (Fsp3) is 0.438. The lowest BCUT2D eigenvalue weighted by molar-refractivity contribution is -0.114. The number of aliphatic hydroxyl groups excluding tert-OH is 2. The molecule has 0 saturated carbocycles. The van der Waals surface area contributed by atoms with Gasteiger partial charge in [0.1, 0.15) is 0 Å². The zero-order valence-corrected chi connectivity index (χ0v) is 21.1. The molecule has 1 heterocycles. The Labute approximate surface area is 202 Å². The summed E-state index contributed by atoms with van der Waals surface area (Å²) in [6, 6.07) is 0. The van der Waals surface area contributed by atoms with Gasteiger partial charge in [0.15, 0.2) is 0 Å². The molecular formula is C16H18I3N3O6. The summed E-state index contributed by atoms with van der Waals surface area (Å²) in [4.78, 5) is 37.1. The number of rotatable bonds is 8. The molecule has 3 amide bonds. The number of nitrogens with one attached hydrogen (secondary N) is 3. The summed E-state index contributed by atoms with van der Waals surface area (Å²) in [6.45, 7) is 1.65. The number of hydrogen-bond donors (Lipinski definition) is 5. The lowest BCUT2D eigenvalue weighted by Gasteiger charge is -2.19. The maximum atomic E-state index is 12.8. The minimum atomic E-state index is -1.10. The molecule has 12 heteroatoms. The molecule has 1 aliphatic heterocycles. The fourth-order valence-corrected chi connectivity index (χ4v) is 6.61. The summed E-state index contributed by atoms with van der Waals surface area (Å²) in [7, 11) is 0. The average molecular weight is 729 g/mol. The van der Waals surface area contributed by atoms with E-state index in [1.165, 1.54) is 6.92 Å². The van der Waals surface area contributed by atoms with Crippen LogP contribution in [-0.4, -0.2) is 66.4 Å². The molecule has 0 radical (unpaired) electrons. The quantitative estimate of drug-likeness (QED) is 0.197. The molecule has 0 spiro atoms. The highest BCUT2D eigenvalue weighted by atomic mass is 127. The zero-order chi connectivity index (χ0) is 21.0. The molecule has 154 valence electrons. The van der Waals surface area contributed by atoms with Crippen LogP contribution in [0.1, 0.15) is 27.6 Å². The van der Waals surface area contributed by atoms with Gasteiger partial charge in [0.2, 0.25) is 5.91 Å². The number of ether oxygens (including phenoxy) is 1. The minimum Gasteiger partial charge on any atom is -0.394 e. The number of hydrogen-bond acceptors (Lipinski definition) is 6. The number of benzene rings is 1. The first-order valence-corrected chi connectivity index (χ1v) is 11.4. The van der Waals surface area contributed by atoms with Crippen molar-refractivity contribution in [2.45, 2.75) is 19.1 Å². The molecule has 28 heavy (non-hydrogen) atoms. The number of halogens is 3. The van der Waals surface area contributed by atoms with Crippen LogP contribution in [0.3, 0.4) is 0 Å². The molecule has 1 aromatic rings. The van der Waals surface area contributed by atoms with Crippen LogP contribution in [0.4, 0.5) is 5.69 Å². The van der Waals surface area contributed by atoms with Gasteiger partial charge in [-0.3, -0.25) is 14.4 Å². The average Bonchev–Trinajstić information content (AvgIpc) is 3.45. The second-order valence-electron chi connectivity index (χ2n) is 5.96. The van der Waals surface area contributed by atoms with Gasteiger partial charge in [-0.15, -0.1) is 0 Å². The molecule has 1 saturated heterocycles. The summed E-state index contributed by atoms with van der Waals surface area (Å²) >= 11 is 5.84. The van der Waals surface area contributed by atoms with E-state index in [1.807, 2.05) is 67.8 Å². The third-order valence-corrected chi connectivity index (χ3v) is 6.91. The zero-order valence-electron chi connectivity index (χ0n) is 14.6. The normalized spacial score (nSPS) is 16.3. The first kappa shape index (κ1) is 24.0. The highest BCUT2D eigenvalue weighted by Gasteiger charge is 2.30. The predicted octanol–water partition coefficient (Wildman–Crippen LogP) is 0.670. The highest BCUT2D eigenvalue weighted by molar-refractivity contribution is 14.1. The van der Waals surface area contributed by atoms with Crippen LogP contribution in [0.5, 0.6) is 0 Å². The van der Waals surface area contributed by atoms with Crippen molar-refractivity contribution in [3.63, 3.8) is 0 Å². The van der Waals surface area contributed by atoms with Crippen molar-refractivity contribution in [1.82, 2.24) is 10.6 Å². The summed E-state index contributed by atoms with van der Waals surface area (Å²) in [6.07, 6.45) is -1.10. The van der Waals surface area contributed by atoms with E-state index >= 15 is 0 Å². The largest absolute Gasteiger partial charge is 0.394 e. The van der Waals surface area contributed by atoms with E-state index in [9.17, 15) is 19.5 Å². The van der Waals surface area contributed by atoms with Crippen molar-refractivity contribution in [2.24, 2.45) is 0 Å². The van der Waals surface area contributed by atoms with Gasteiger partial charge in [0, 0.05) is 23.6 Å². The number of carbonyl (C=O) groups excluding carboxylic acids is 3. The number of amides is 3. The summed E-state index contributed by atoms with van der Waals surface area (Å²) in [5, 5.41) is 26.4.